The van der Waals surface area contributed by atoms with Crippen molar-refractivity contribution >= 4 is 43.4 Å². The molecule has 0 aliphatic heterocycles. The van der Waals surface area contributed by atoms with Crippen LogP contribution in [0.4, 0.5) is 5.13 Å². The van der Waals surface area contributed by atoms with Gasteiger partial charge in [0.25, 0.3) is 0 Å². The molecule has 9 heteroatoms. The van der Waals surface area contributed by atoms with Crippen molar-refractivity contribution in [2.24, 2.45) is 5.73 Å². The van der Waals surface area contributed by atoms with Crippen LogP contribution >= 0.6 is 11.3 Å². The minimum Gasteiger partial charge on any atom is -0.375 e. The molecule has 0 saturated heterocycles. The highest BCUT2D eigenvalue weighted by Crippen LogP contribution is 2.31. The summed E-state index contributed by atoms with van der Waals surface area (Å²) < 4.78 is 3.07. The van der Waals surface area contributed by atoms with Crippen molar-refractivity contribution in [3.8, 4) is 22.5 Å². The average molecular weight is 453 g/mol. The van der Waals surface area contributed by atoms with Crippen molar-refractivity contribution in [2.75, 3.05) is 5.73 Å². The number of nitrogens with zero attached hydrogens (tertiary/aromatic N) is 6. The van der Waals surface area contributed by atoms with Crippen LogP contribution in [0, 0.1) is 0 Å². The molecular formula is C24H20N8S. The lowest BCUT2D eigenvalue weighted by Gasteiger charge is -2.17. The minimum absolute atomic E-state index is 0.513. The Balaban J connectivity index is 1.53. The zero-order valence-electron chi connectivity index (χ0n) is 18.0. The van der Waals surface area contributed by atoms with Crippen LogP contribution in [-0.4, -0.2) is 29.5 Å². The standard InChI is InChI=1S/C24H20N8S/c1-24(2,26)20-8-5-15(11-28-20)22-31-30-21-12-27-16-6-3-13(9-18(16)32(21)22)14-4-7-17-19(10-14)33-23(25)29-17/h3-12H,26H2,1-2H3,(H2,25,29). The zero-order chi connectivity index (χ0) is 22.7. The molecule has 0 aliphatic carbocycles. The highest BCUT2D eigenvalue weighted by molar-refractivity contribution is 7.22. The maximum absolute atomic E-state index is 6.18. The van der Waals surface area contributed by atoms with Crippen molar-refractivity contribution in [1.29, 1.82) is 0 Å². The number of benzene rings is 2. The van der Waals surface area contributed by atoms with Gasteiger partial charge in [0, 0.05) is 11.8 Å². The molecule has 0 radical (unpaired) electrons. The van der Waals surface area contributed by atoms with Crippen molar-refractivity contribution in [2.45, 2.75) is 19.4 Å². The number of hydrogen-bond donors (Lipinski definition) is 2. The van der Waals surface area contributed by atoms with E-state index in [1.807, 2.05) is 42.5 Å². The molecule has 0 unspecified atom stereocenters. The van der Waals surface area contributed by atoms with Gasteiger partial charge in [-0.25, -0.2) is 4.98 Å². The van der Waals surface area contributed by atoms with Crippen LogP contribution < -0.4 is 11.5 Å². The molecule has 162 valence electrons. The summed E-state index contributed by atoms with van der Waals surface area (Å²) in [5.41, 5.74) is 18.7. The van der Waals surface area contributed by atoms with E-state index in [1.54, 1.807) is 12.4 Å². The summed E-state index contributed by atoms with van der Waals surface area (Å²) in [7, 11) is 0. The van der Waals surface area contributed by atoms with Gasteiger partial charge in [-0.05, 0) is 61.4 Å². The van der Waals surface area contributed by atoms with E-state index in [0.717, 1.165) is 43.6 Å². The van der Waals surface area contributed by atoms with Crippen LogP contribution in [-0.2, 0) is 5.54 Å². The second-order valence-corrected chi connectivity index (χ2v) is 9.63. The van der Waals surface area contributed by atoms with Gasteiger partial charge in [-0.2, -0.15) is 0 Å². The fraction of sp³-hybridized carbons (Fsp3) is 0.125. The van der Waals surface area contributed by atoms with E-state index in [-0.39, 0.29) is 0 Å². The maximum Gasteiger partial charge on any atom is 0.181 e. The summed E-state index contributed by atoms with van der Waals surface area (Å²) in [5.74, 6) is 0.703. The Kier molecular flexibility index (Phi) is 4.20. The van der Waals surface area contributed by atoms with Gasteiger partial charge in [0.2, 0.25) is 0 Å². The quantitative estimate of drug-likeness (QED) is 0.408. The van der Waals surface area contributed by atoms with Crippen LogP contribution in [0.25, 0.3) is 49.4 Å². The van der Waals surface area contributed by atoms with Gasteiger partial charge in [0.15, 0.2) is 16.6 Å². The fourth-order valence-corrected chi connectivity index (χ4v) is 4.73. The van der Waals surface area contributed by atoms with E-state index in [4.69, 9.17) is 11.5 Å². The highest BCUT2D eigenvalue weighted by atomic mass is 32.1. The molecule has 0 bridgehead atoms. The third-order valence-electron chi connectivity index (χ3n) is 5.64. The number of nitrogen functional groups attached to an aromatic ring is 1. The lowest BCUT2D eigenvalue weighted by Crippen LogP contribution is -2.29. The fourth-order valence-electron chi connectivity index (χ4n) is 3.95. The number of thiazole rings is 1. The second kappa shape index (κ2) is 7.03. The van der Waals surface area contributed by atoms with Gasteiger partial charge in [-0.1, -0.05) is 23.5 Å². The van der Waals surface area contributed by atoms with E-state index < -0.39 is 5.54 Å². The van der Waals surface area contributed by atoms with Crippen LogP contribution in [0.5, 0.6) is 0 Å². The lowest BCUT2D eigenvalue weighted by molar-refractivity contribution is 0.535. The molecule has 4 N–H and O–H groups in total. The molecule has 0 spiro atoms. The topological polar surface area (TPSA) is 121 Å². The van der Waals surface area contributed by atoms with Gasteiger partial charge in [0.1, 0.15) is 0 Å². The summed E-state index contributed by atoms with van der Waals surface area (Å²) in [6, 6.07) is 16.3. The number of anilines is 1. The summed E-state index contributed by atoms with van der Waals surface area (Å²) >= 11 is 1.48. The maximum atomic E-state index is 6.18. The number of aromatic nitrogens is 6. The predicted octanol–water partition coefficient (Wildman–Crippen LogP) is 4.39. The Bertz CT molecular complexity index is 1660. The lowest BCUT2D eigenvalue weighted by atomic mass is 10.0. The van der Waals surface area contributed by atoms with Gasteiger partial charge in [-0.3, -0.25) is 14.4 Å². The molecular weight excluding hydrogens is 432 g/mol. The number of pyridine rings is 1. The Morgan fingerprint density at radius 2 is 1.61 bits per heavy atom. The van der Waals surface area contributed by atoms with Gasteiger partial charge in [0.05, 0.1) is 38.7 Å². The Hall–Kier alpha value is -3.95. The molecule has 0 atom stereocenters. The first-order valence-corrected chi connectivity index (χ1v) is 11.2. The first-order chi connectivity index (χ1) is 15.9. The van der Waals surface area contributed by atoms with Gasteiger partial charge < -0.3 is 11.5 Å². The molecule has 4 aromatic heterocycles. The molecule has 0 saturated carbocycles. The predicted molar refractivity (Wildman–Crippen MR) is 132 cm³/mol. The highest BCUT2D eigenvalue weighted by Gasteiger charge is 2.18. The Morgan fingerprint density at radius 3 is 2.36 bits per heavy atom. The minimum atomic E-state index is -0.513. The summed E-state index contributed by atoms with van der Waals surface area (Å²) in [5, 5.41) is 9.34. The number of rotatable bonds is 3. The van der Waals surface area contributed by atoms with Crippen LogP contribution in [0.2, 0.25) is 0 Å². The largest absolute Gasteiger partial charge is 0.375 e. The summed E-state index contributed by atoms with van der Waals surface area (Å²) in [6.07, 6.45) is 3.52. The monoisotopic (exact) mass is 452 g/mol. The summed E-state index contributed by atoms with van der Waals surface area (Å²) in [4.78, 5) is 13.5. The first-order valence-electron chi connectivity index (χ1n) is 10.4. The van der Waals surface area contributed by atoms with Gasteiger partial charge >= 0.3 is 0 Å². The smallest absolute Gasteiger partial charge is 0.181 e. The molecule has 6 rings (SSSR count). The normalized spacial score (nSPS) is 12.2. The van der Waals surface area contributed by atoms with Crippen molar-refractivity contribution in [3.63, 3.8) is 0 Å². The van der Waals surface area contributed by atoms with Crippen molar-refractivity contribution in [3.05, 3.63) is 66.6 Å². The van der Waals surface area contributed by atoms with Crippen LogP contribution in [0.3, 0.4) is 0 Å². The van der Waals surface area contributed by atoms with Crippen molar-refractivity contribution in [1.82, 2.24) is 29.5 Å². The third kappa shape index (κ3) is 3.29. The molecule has 0 fully saturated rings. The van der Waals surface area contributed by atoms with E-state index in [2.05, 4.69) is 49.4 Å². The molecule has 4 heterocycles. The molecule has 33 heavy (non-hydrogen) atoms. The molecule has 2 aromatic carbocycles. The number of fused-ring (bicyclic) bond motifs is 4. The molecule has 6 aromatic rings. The number of nitrogens with two attached hydrogens (primary N) is 2. The molecule has 0 amide bonds. The summed E-state index contributed by atoms with van der Waals surface area (Å²) in [6.45, 7) is 3.86. The van der Waals surface area contributed by atoms with Crippen molar-refractivity contribution < 1.29 is 0 Å². The SMILES string of the molecule is CC(C)(N)c1ccc(-c2nnc3cnc4ccc(-c5ccc6nc(N)sc6c5)cc4n23)cn1. The van der Waals surface area contributed by atoms with Crippen LogP contribution in [0.15, 0.2) is 60.9 Å². The Labute approximate surface area is 193 Å². The van der Waals surface area contributed by atoms with E-state index >= 15 is 0 Å². The third-order valence-corrected chi connectivity index (χ3v) is 6.49. The van der Waals surface area contributed by atoms with Crippen LogP contribution in [0.1, 0.15) is 19.5 Å². The number of hydrogen-bond acceptors (Lipinski definition) is 8. The molecule has 8 nitrogen and oxygen atoms in total. The first kappa shape index (κ1) is 19.7. The van der Waals surface area contributed by atoms with E-state index in [9.17, 15) is 0 Å². The Morgan fingerprint density at radius 1 is 0.848 bits per heavy atom. The van der Waals surface area contributed by atoms with E-state index in [0.29, 0.717) is 16.6 Å². The second-order valence-electron chi connectivity index (χ2n) is 8.57. The van der Waals surface area contributed by atoms with Gasteiger partial charge in [-0.15, -0.1) is 10.2 Å². The molecule has 0 aliphatic rings. The van der Waals surface area contributed by atoms with E-state index in [1.165, 1.54) is 11.3 Å². The average Bonchev–Trinajstić information content (AvgIpc) is 3.40. The zero-order valence-corrected chi connectivity index (χ0v) is 18.8.